The molecule has 0 atom stereocenters. The first kappa shape index (κ1) is 13.7. The van der Waals surface area contributed by atoms with Gasteiger partial charge in [0.2, 0.25) is 0 Å². The van der Waals surface area contributed by atoms with Crippen molar-refractivity contribution in [1.82, 2.24) is 15.0 Å². The topological polar surface area (TPSA) is 67.8 Å². The van der Waals surface area contributed by atoms with E-state index in [1.54, 1.807) is 24.7 Å². The molecule has 2 aromatic heterocycles. The Hall–Kier alpha value is -2.30. The first-order valence-corrected chi connectivity index (χ1v) is 7.23. The number of nitrogens with one attached hydrogen (secondary N) is 1. The van der Waals surface area contributed by atoms with Crippen LogP contribution >= 0.6 is 0 Å². The van der Waals surface area contributed by atoms with Crippen molar-refractivity contribution in [2.24, 2.45) is 0 Å². The summed E-state index contributed by atoms with van der Waals surface area (Å²) in [7, 11) is 0. The van der Waals surface area contributed by atoms with Gasteiger partial charge in [-0.25, -0.2) is 9.97 Å². The predicted molar refractivity (Wildman–Crippen MR) is 80.3 cm³/mol. The molecule has 1 aliphatic carbocycles. The molecule has 2 heterocycles. The fourth-order valence-corrected chi connectivity index (χ4v) is 2.19. The largest absolute Gasteiger partial charge is 0.319 e. The number of anilines is 1. The van der Waals surface area contributed by atoms with Crippen molar-refractivity contribution >= 4 is 11.6 Å². The summed E-state index contributed by atoms with van der Waals surface area (Å²) in [4.78, 5) is 25.2. The number of carbonyl (C=O) groups is 1. The number of amides is 1. The average Bonchev–Trinajstić information content (AvgIpc) is 3.32. The molecule has 1 aliphatic rings. The van der Waals surface area contributed by atoms with E-state index in [1.165, 1.54) is 0 Å². The summed E-state index contributed by atoms with van der Waals surface area (Å²) in [5.74, 6) is 1.33. The van der Waals surface area contributed by atoms with Gasteiger partial charge in [0.25, 0.3) is 5.91 Å². The molecule has 0 unspecified atom stereocenters. The molecule has 0 aliphatic heterocycles. The van der Waals surface area contributed by atoms with Crippen molar-refractivity contribution in [3.8, 4) is 0 Å². The summed E-state index contributed by atoms with van der Waals surface area (Å²) < 4.78 is 0. The molecule has 1 saturated carbocycles. The number of hydrogen-bond acceptors (Lipinski definition) is 4. The Morgan fingerprint density at radius 3 is 2.57 bits per heavy atom. The smallest absolute Gasteiger partial charge is 0.257 e. The lowest BCUT2D eigenvalue weighted by Crippen LogP contribution is -2.15. The fourth-order valence-electron chi connectivity index (χ4n) is 2.19. The molecule has 2 aromatic rings. The zero-order valence-electron chi connectivity index (χ0n) is 12.2. The molecular formula is C16H18N4O. The molecule has 0 aromatic carbocycles. The third kappa shape index (κ3) is 3.07. The molecule has 1 amide bonds. The average molecular weight is 282 g/mol. The summed E-state index contributed by atoms with van der Waals surface area (Å²) in [5, 5.41) is 2.84. The van der Waals surface area contributed by atoms with E-state index in [4.69, 9.17) is 0 Å². The van der Waals surface area contributed by atoms with E-state index in [1.807, 2.05) is 19.9 Å². The second-order valence-corrected chi connectivity index (χ2v) is 5.65. The number of hydrogen-bond donors (Lipinski definition) is 1. The summed E-state index contributed by atoms with van der Waals surface area (Å²) in [6.07, 6.45) is 7.26. The summed E-state index contributed by atoms with van der Waals surface area (Å²) in [6.45, 7) is 4.07. The van der Waals surface area contributed by atoms with Gasteiger partial charge in [0.15, 0.2) is 0 Å². The van der Waals surface area contributed by atoms with Crippen LogP contribution < -0.4 is 5.32 Å². The van der Waals surface area contributed by atoms with Crippen LogP contribution in [0.25, 0.3) is 0 Å². The van der Waals surface area contributed by atoms with E-state index in [-0.39, 0.29) is 11.8 Å². The molecule has 0 bridgehead atoms. The third-order valence-corrected chi connectivity index (χ3v) is 3.49. The maximum absolute atomic E-state index is 12.4. The van der Waals surface area contributed by atoms with E-state index in [0.29, 0.717) is 17.2 Å². The van der Waals surface area contributed by atoms with Crippen molar-refractivity contribution in [3.63, 3.8) is 0 Å². The Balaban J connectivity index is 1.77. The Morgan fingerprint density at radius 2 is 1.95 bits per heavy atom. The maximum Gasteiger partial charge on any atom is 0.257 e. The SMILES string of the molecule is CC(C)c1ncc(NC(=O)c2cccnc2C2CC2)cn1. The van der Waals surface area contributed by atoms with Gasteiger partial charge >= 0.3 is 0 Å². The van der Waals surface area contributed by atoms with Crippen molar-refractivity contribution in [3.05, 3.63) is 47.8 Å². The van der Waals surface area contributed by atoms with Crippen LogP contribution in [0.5, 0.6) is 0 Å². The van der Waals surface area contributed by atoms with Gasteiger partial charge in [-0.15, -0.1) is 0 Å². The van der Waals surface area contributed by atoms with Gasteiger partial charge in [-0.3, -0.25) is 9.78 Å². The molecule has 1 N–H and O–H groups in total. The van der Waals surface area contributed by atoms with Crippen molar-refractivity contribution < 1.29 is 4.79 Å². The molecule has 5 nitrogen and oxygen atoms in total. The van der Waals surface area contributed by atoms with Gasteiger partial charge < -0.3 is 5.32 Å². The molecule has 0 radical (unpaired) electrons. The normalized spacial score (nSPS) is 14.2. The minimum absolute atomic E-state index is 0.147. The Kier molecular flexibility index (Phi) is 3.64. The maximum atomic E-state index is 12.4. The van der Waals surface area contributed by atoms with Crippen molar-refractivity contribution in [2.75, 3.05) is 5.32 Å². The standard InChI is InChI=1S/C16H18N4O/c1-10(2)15-18-8-12(9-19-15)20-16(21)13-4-3-7-17-14(13)11-5-6-11/h3-4,7-11H,5-6H2,1-2H3,(H,20,21). The molecular weight excluding hydrogens is 264 g/mol. The highest BCUT2D eigenvalue weighted by Crippen LogP contribution is 2.40. The zero-order chi connectivity index (χ0) is 14.8. The van der Waals surface area contributed by atoms with E-state index >= 15 is 0 Å². The van der Waals surface area contributed by atoms with Crippen LogP contribution in [-0.4, -0.2) is 20.9 Å². The molecule has 1 fully saturated rings. The highest BCUT2D eigenvalue weighted by molar-refractivity contribution is 6.05. The summed E-state index contributed by atoms with van der Waals surface area (Å²) >= 11 is 0. The Labute approximate surface area is 123 Å². The van der Waals surface area contributed by atoms with E-state index in [2.05, 4.69) is 20.3 Å². The van der Waals surface area contributed by atoms with Crippen LogP contribution in [0.2, 0.25) is 0 Å². The quantitative estimate of drug-likeness (QED) is 0.935. The molecule has 21 heavy (non-hydrogen) atoms. The van der Waals surface area contributed by atoms with Gasteiger partial charge in [0.1, 0.15) is 5.82 Å². The lowest BCUT2D eigenvalue weighted by Gasteiger charge is -2.09. The van der Waals surface area contributed by atoms with Crippen LogP contribution in [-0.2, 0) is 0 Å². The minimum Gasteiger partial charge on any atom is -0.319 e. The van der Waals surface area contributed by atoms with Crippen molar-refractivity contribution in [1.29, 1.82) is 0 Å². The number of rotatable bonds is 4. The van der Waals surface area contributed by atoms with Crippen LogP contribution in [0.4, 0.5) is 5.69 Å². The first-order valence-electron chi connectivity index (χ1n) is 7.23. The third-order valence-electron chi connectivity index (χ3n) is 3.49. The number of aromatic nitrogens is 3. The Bertz CT molecular complexity index is 648. The lowest BCUT2D eigenvalue weighted by molar-refractivity contribution is 0.102. The fraction of sp³-hybridized carbons (Fsp3) is 0.375. The summed E-state index contributed by atoms with van der Waals surface area (Å²) in [5.41, 5.74) is 2.15. The number of pyridine rings is 1. The highest BCUT2D eigenvalue weighted by Gasteiger charge is 2.29. The predicted octanol–water partition coefficient (Wildman–Crippen LogP) is 3.12. The second-order valence-electron chi connectivity index (χ2n) is 5.65. The monoisotopic (exact) mass is 282 g/mol. The molecule has 0 saturated heterocycles. The van der Waals surface area contributed by atoms with E-state index in [0.717, 1.165) is 24.4 Å². The van der Waals surface area contributed by atoms with E-state index in [9.17, 15) is 4.79 Å². The van der Waals surface area contributed by atoms with Gasteiger partial charge in [-0.05, 0) is 25.0 Å². The molecule has 5 heteroatoms. The van der Waals surface area contributed by atoms with Crippen molar-refractivity contribution in [2.45, 2.75) is 38.5 Å². The van der Waals surface area contributed by atoms with Crippen LogP contribution in [0, 0.1) is 0 Å². The van der Waals surface area contributed by atoms with E-state index < -0.39 is 0 Å². The summed E-state index contributed by atoms with van der Waals surface area (Å²) in [6, 6.07) is 3.61. The molecule has 3 rings (SSSR count). The zero-order valence-corrected chi connectivity index (χ0v) is 12.2. The highest BCUT2D eigenvalue weighted by atomic mass is 16.1. The molecule has 108 valence electrons. The Morgan fingerprint density at radius 1 is 1.24 bits per heavy atom. The lowest BCUT2D eigenvalue weighted by atomic mass is 10.1. The first-order chi connectivity index (χ1) is 10.1. The van der Waals surface area contributed by atoms with Crippen LogP contribution in [0.15, 0.2) is 30.7 Å². The number of carbonyl (C=O) groups excluding carboxylic acids is 1. The van der Waals surface area contributed by atoms with Gasteiger partial charge in [-0.2, -0.15) is 0 Å². The minimum atomic E-state index is -0.147. The van der Waals surface area contributed by atoms with Crippen LogP contribution in [0.3, 0.4) is 0 Å². The molecule has 0 spiro atoms. The van der Waals surface area contributed by atoms with Crippen LogP contribution in [0.1, 0.15) is 60.4 Å². The second kappa shape index (κ2) is 5.60. The van der Waals surface area contributed by atoms with Gasteiger partial charge in [0, 0.05) is 18.0 Å². The number of nitrogens with zero attached hydrogens (tertiary/aromatic N) is 3. The van der Waals surface area contributed by atoms with Gasteiger partial charge in [-0.1, -0.05) is 13.8 Å². The van der Waals surface area contributed by atoms with Gasteiger partial charge in [0.05, 0.1) is 29.3 Å².